The molecule has 0 atom stereocenters. The van der Waals surface area contributed by atoms with Gasteiger partial charge in [0.05, 0.1) is 18.2 Å². The summed E-state index contributed by atoms with van der Waals surface area (Å²) in [7, 11) is -3.22. The number of hydrogen-bond donors (Lipinski definition) is 4. The van der Waals surface area contributed by atoms with Crippen molar-refractivity contribution in [3.63, 3.8) is 0 Å². The van der Waals surface area contributed by atoms with Gasteiger partial charge in [-0.25, -0.2) is 0 Å². The second-order valence-electron chi connectivity index (χ2n) is 5.43. The predicted octanol–water partition coefficient (Wildman–Crippen LogP) is -1.39. The van der Waals surface area contributed by atoms with E-state index in [-0.39, 0.29) is 34.7 Å². The zero-order valence-corrected chi connectivity index (χ0v) is 12.5. The van der Waals surface area contributed by atoms with Crippen molar-refractivity contribution in [1.29, 1.82) is 5.26 Å². The summed E-state index contributed by atoms with van der Waals surface area (Å²) in [6.07, 6.45) is 0. The van der Waals surface area contributed by atoms with Gasteiger partial charge in [-0.2, -0.15) is 5.26 Å². The van der Waals surface area contributed by atoms with Gasteiger partial charge in [0.1, 0.15) is 0 Å². The molecular formula is C12H16B2ClNO5. The molecule has 0 fully saturated rings. The van der Waals surface area contributed by atoms with Crippen molar-refractivity contribution in [2.45, 2.75) is 13.8 Å². The van der Waals surface area contributed by atoms with E-state index in [0.717, 1.165) is 0 Å². The quantitative estimate of drug-likeness (QED) is 0.481. The van der Waals surface area contributed by atoms with Crippen molar-refractivity contribution >= 4 is 36.8 Å². The number of nitriles is 1. The van der Waals surface area contributed by atoms with E-state index in [1.807, 2.05) is 6.07 Å². The van der Waals surface area contributed by atoms with Crippen molar-refractivity contribution < 1.29 is 24.8 Å². The number of aliphatic hydroxyl groups excluding tert-OH is 1. The fourth-order valence-electron chi connectivity index (χ4n) is 1.54. The van der Waals surface area contributed by atoms with Gasteiger partial charge in [-0.1, -0.05) is 25.4 Å². The first-order valence-electron chi connectivity index (χ1n) is 6.22. The molecule has 4 N–H and O–H groups in total. The van der Waals surface area contributed by atoms with Gasteiger partial charge in [0.2, 0.25) is 0 Å². The van der Waals surface area contributed by atoms with Gasteiger partial charge in [0.15, 0.2) is 0 Å². The van der Waals surface area contributed by atoms with E-state index in [1.54, 1.807) is 13.8 Å². The zero-order chi connectivity index (χ0) is 16.2. The molecule has 0 heterocycles. The molecule has 0 bridgehead atoms. The molecule has 9 heteroatoms. The Kier molecular flexibility index (Phi) is 6.23. The summed E-state index contributed by atoms with van der Waals surface area (Å²) < 4.78 is 5.24. The molecule has 0 aliphatic rings. The third-order valence-electron chi connectivity index (χ3n) is 2.89. The Balaban J connectivity index is 3.02. The normalized spacial score (nSPS) is 11.1. The second-order valence-corrected chi connectivity index (χ2v) is 5.84. The van der Waals surface area contributed by atoms with Gasteiger partial charge in [-0.3, -0.25) is 0 Å². The summed E-state index contributed by atoms with van der Waals surface area (Å²) in [5.74, 6) is 0. The average molecular weight is 311 g/mol. The minimum absolute atomic E-state index is 0.00284. The Morgan fingerprint density at radius 3 is 2.38 bits per heavy atom. The molecule has 0 saturated heterocycles. The maximum Gasteiger partial charge on any atom is 0.492 e. The molecule has 0 aliphatic heterocycles. The summed E-state index contributed by atoms with van der Waals surface area (Å²) in [5, 5.41) is 46.5. The van der Waals surface area contributed by atoms with Crippen molar-refractivity contribution in [3.8, 4) is 6.07 Å². The van der Waals surface area contributed by atoms with Crippen molar-refractivity contribution in [2.24, 2.45) is 5.41 Å². The van der Waals surface area contributed by atoms with Crippen LogP contribution in [-0.4, -0.2) is 47.6 Å². The van der Waals surface area contributed by atoms with E-state index in [1.165, 1.54) is 12.1 Å². The largest absolute Gasteiger partial charge is 0.492 e. The van der Waals surface area contributed by atoms with Gasteiger partial charge >= 0.3 is 14.2 Å². The Morgan fingerprint density at radius 1 is 1.29 bits per heavy atom. The second kappa shape index (κ2) is 7.27. The van der Waals surface area contributed by atoms with Gasteiger partial charge in [-0.05, 0) is 12.1 Å². The summed E-state index contributed by atoms with van der Waals surface area (Å²) in [4.78, 5) is 0. The highest BCUT2D eigenvalue weighted by Gasteiger charge is 2.27. The van der Waals surface area contributed by atoms with Crippen LogP contribution in [0, 0.1) is 16.7 Å². The van der Waals surface area contributed by atoms with Crippen LogP contribution in [0.5, 0.6) is 0 Å². The van der Waals surface area contributed by atoms with Gasteiger partial charge < -0.3 is 24.8 Å². The van der Waals surface area contributed by atoms with Crippen LogP contribution in [0.25, 0.3) is 0 Å². The van der Waals surface area contributed by atoms with E-state index >= 15 is 0 Å². The average Bonchev–Trinajstić information content (AvgIpc) is 2.44. The lowest BCUT2D eigenvalue weighted by Crippen LogP contribution is -2.41. The summed E-state index contributed by atoms with van der Waals surface area (Å²) in [6, 6.07) is 4.28. The van der Waals surface area contributed by atoms with Crippen LogP contribution in [0.4, 0.5) is 0 Å². The Morgan fingerprint density at radius 2 is 1.90 bits per heavy atom. The third kappa shape index (κ3) is 4.71. The summed E-state index contributed by atoms with van der Waals surface area (Å²) in [6.45, 7) is 3.45. The number of aliphatic hydroxyl groups is 1. The number of nitrogens with zero attached hydrogens (tertiary/aromatic N) is 1. The van der Waals surface area contributed by atoms with E-state index < -0.39 is 19.7 Å². The van der Waals surface area contributed by atoms with Crippen LogP contribution in [-0.2, 0) is 4.65 Å². The van der Waals surface area contributed by atoms with Crippen LogP contribution in [0.3, 0.4) is 0 Å². The molecular weight excluding hydrogens is 295 g/mol. The SMILES string of the molecule is CC(C)(CO)COB(O)c1cc(Cl)c(B(O)O)cc1C#N. The highest BCUT2D eigenvalue weighted by molar-refractivity contribution is 6.65. The zero-order valence-electron chi connectivity index (χ0n) is 11.7. The maximum atomic E-state index is 10.0. The van der Waals surface area contributed by atoms with Crippen LogP contribution < -0.4 is 10.9 Å². The molecule has 1 rings (SSSR count). The highest BCUT2D eigenvalue weighted by Crippen LogP contribution is 2.14. The highest BCUT2D eigenvalue weighted by atomic mass is 35.5. The Bertz CT molecular complexity index is 547. The standard InChI is InChI=1S/C12H16B2ClNO5/c1-12(2,6-17)7-21-14(20)9-4-11(15)10(13(18)19)3-8(9)5-16/h3-4,17-20H,6-7H2,1-2H3. The number of benzene rings is 1. The number of rotatable bonds is 6. The molecule has 0 saturated carbocycles. The van der Waals surface area contributed by atoms with Crippen LogP contribution in [0.2, 0.25) is 5.02 Å². The molecule has 0 amide bonds. The predicted molar refractivity (Wildman–Crippen MR) is 80.4 cm³/mol. The first-order valence-corrected chi connectivity index (χ1v) is 6.59. The van der Waals surface area contributed by atoms with E-state index in [9.17, 15) is 5.02 Å². The minimum atomic E-state index is -1.81. The molecule has 0 spiro atoms. The monoisotopic (exact) mass is 311 g/mol. The van der Waals surface area contributed by atoms with Crippen molar-refractivity contribution in [2.75, 3.05) is 13.2 Å². The third-order valence-corrected chi connectivity index (χ3v) is 3.22. The number of halogens is 1. The van der Waals surface area contributed by atoms with E-state index in [0.29, 0.717) is 0 Å². The Labute approximate surface area is 128 Å². The van der Waals surface area contributed by atoms with E-state index in [4.69, 9.17) is 36.7 Å². The minimum Gasteiger partial charge on any atom is -0.423 e. The van der Waals surface area contributed by atoms with Gasteiger partial charge in [0.25, 0.3) is 0 Å². The summed E-state index contributed by atoms with van der Waals surface area (Å²) in [5.41, 5.74) is -0.420. The summed E-state index contributed by atoms with van der Waals surface area (Å²) >= 11 is 5.88. The van der Waals surface area contributed by atoms with Crippen LogP contribution in [0.15, 0.2) is 12.1 Å². The van der Waals surface area contributed by atoms with Crippen molar-refractivity contribution in [3.05, 3.63) is 22.7 Å². The van der Waals surface area contributed by atoms with Gasteiger partial charge in [0, 0.05) is 28.0 Å². The van der Waals surface area contributed by atoms with E-state index in [2.05, 4.69) is 0 Å². The molecule has 1 aromatic rings. The fourth-order valence-corrected chi connectivity index (χ4v) is 1.81. The maximum absolute atomic E-state index is 10.0. The van der Waals surface area contributed by atoms with Crippen LogP contribution in [0.1, 0.15) is 19.4 Å². The topological polar surface area (TPSA) is 114 Å². The lowest BCUT2D eigenvalue weighted by atomic mass is 9.71. The lowest BCUT2D eigenvalue weighted by molar-refractivity contribution is 0.0886. The molecule has 0 unspecified atom stereocenters. The first kappa shape index (κ1) is 18.0. The van der Waals surface area contributed by atoms with Crippen LogP contribution >= 0.6 is 11.6 Å². The number of hydrogen-bond acceptors (Lipinski definition) is 6. The molecule has 0 aliphatic carbocycles. The molecule has 21 heavy (non-hydrogen) atoms. The molecule has 6 nitrogen and oxygen atoms in total. The van der Waals surface area contributed by atoms with Gasteiger partial charge in [-0.15, -0.1) is 0 Å². The fraction of sp³-hybridized carbons (Fsp3) is 0.417. The van der Waals surface area contributed by atoms with Crippen molar-refractivity contribution in [1.82, 2.24) is 0 Å². The first-order chi connectivity index (χ1) is 9.71. The molecule has 0 aromatic heterocycles. The smallest absolute Gasteiger partial charge is 0.423 e. The lowest BCUT2D eigenvalue weighted by Gasteiger charge is -2.23. The Hall–Kier alpha value is -1.07. The molecule has 0 radical (unpaired) electrons. The molecule has 112 valence electrons. The molecule has 1 aromatic carbocycles.